The second-order valence-corrected chi connectivity index (χ2v) is 3.97. The molecule has 0 aliphatic carbocycles. The Morgan fingerprint density at radius 3 is 2.85 bits per heavy atom. The van der Waals surface area contributed by atoms with Gasteiger partial charge >= 0.3 is 0 Å². The van der Waals surface area contributed by atoms with Gasteiger partial charge in [-0.25, -0.2) is 13.2 Å². The van der Waals surface area contributed by atoms with Crippen LogP contribution in [0.2, 0.25) is 0 Å². The first-order chi connectivity index (χ1) is 6.03. The summed E-state index contributed by atoms with van der Waals surface area (Å²) in [7, 11) is -3.79. The van der Waals surface area contributed by atoms with E-state index in [2.05, 4.69) is 14.1 Å². The first-order valence-corrected chi connectivity index (χ1v) is 4.88. The van der Waals surface area contributed by atoms with E-state index in [1.807, 2.05) is 0 Å². The van der Waals surface area contributed by atoms with Crippen LogP contribution in [0.25, 0.3) is 0 Å². The first kappa shape index (κ1) is 9.63. The van der Waals surface area contributed by atoms with Gasteiger partial charge in [-0.3, -0.25) is 0 Å². The third-order valence-electron chi connectivity index (χ3n) is 1.18. The van der Waals surface area contributed by atoms with Crippen LogP contribution in [0, 0.1) is 6.92 Å². The fraction of sp³-hybridized carbons (Fsp3) is 0.333. The van der Waals surface area contributed by atoms with Crippen molar-refractivity contribution in [1.29, 1.82) is 0 Å². The number of nitrogens with zero attached hydrogens (tertiary/aromatic N) is 2. The summed E-state index contributed by atoms with van der Waals surface area (Å²) in [6.45, 7) is 1.63. The standard InChI is InChI=1S/C6H6N2O4S/c1-5-2-6(8-12-5)3-13(10,11)7-4-9/h2H,3H2,1H3. The van der Waals surface area contributed by atoms with Crippen molar-refractivity contribution >= 4 is 16.1 Å². The summed E-state index contributed by atoms with van der Waals surface area (Å²) in [6, 6.07) is 1.46. The van der Waals surface area contributed by atoms with Crippen molar-refractivity contribution in [2.45, 2.75) is 12.7 Å². The summed E-state index contributed by atoms with van der Waals surface area (Å²) in [6.07, 6.45) is 0.964. The molecule has 7 heteroatoms. The third-order valence-corrected chi connectivity index (χ3v) is 2.20. The molecule has 1 aromatic heterocycles. The molecular formula is C6H6N2O4S. The van der Waals surface area contributed by atoms with Crippen LogP contribution in [0.5, 0.6) is 0 Å². The molecule has 1 heterocycles. The molecule has 6 nitrogen and oxygen atoms in total. The van der Waals surface area contributed by atoms with Crippen molar-refractivity contribution in [2.75, 3.05) is 0 Å². The van der Waals surface area contributed by atoms with Crippen molar-refractivity contribution in [3.63, 3.8) is 0 Å². The van der Waals surface area contributed by atoms with Crippen molar-refractivity contribution in [3.8, 4) is 0 Å². The van der Waals surface area contributed by atoms with Crippen molar-refractivity contribution in [1.82, 2.24) is 5.16 Å². The minimum atomic E-state index is -3.79. The van der Waals surface area contributed by atoms with Gasteiger partial charge in [-0.05, 0) is 6.92 Å². The molecule has 0 N–H and O–H groups in total. The van der Waals surface area contributed by atoms with Crippen LogP contribution >= 0.6 is 0 Å². The molecule has 70 valence electrons. The Balaban J connectivity index is 2.87. The number of rotatable bonds is 3. The Labute approximate surface area is 74.3 Å². The number of sulfonamides is 1. The van der Waals surface area contributed by atoms with Gasteiger partial charge in [-0.15, -0.1) is 0 Å². The number of aryl methyl sites for hydroxylation is 1. The molecule has 0 atom stereocenters. The Bertz CT molecular complexity index is 441. The van der Waals surface area contributed by atoms with Gasteiger partial charge in [0.25, 0.3) is 16.1 Å². The second kappa shape index (κ2) is 3.51. The lowest BCUT2D eigenvalue weighted by molar-refractivity contribution is 0.392. The van der Waals surface area contributed by atoms with Crippen LogP contribution in [0.15, 0.2) is 15.0 Å². The van der Waals surface area contributed by atoms with Gasteiger partial charge in [0.1, 0.15) is 17.2 Å². The van der Waals surface area contributed by atoms with Crippen LogP contribution < -0.4 is 0 Å². The lowest BCUT2D eigenvalue weighted by Gasteiger charge is -1.88. The molecule has 0 aliphatic rings. The van der Waals surface area contributed by atoms with Crippen molar-refractivity contribution in [3.05, 3.63) is 17.5 Å². The number of hydrogen-bond acceptors (Lipinski definition) is 5. The van der Waals surface area contributed by atoms with Crippen LogP contribution in [0.4, 0.5) is 0 Å². The average Bonchev–Trinajstić information content (AvgIpc) is 2.34. The molecule has 0 fully saturated rings. The highest BCUT2D eigenvalue weighted by Gasteiger charge is 2.12. The van der Waals surface area contributed by atoms with E-state index >= 15 is 0 Å². The van der Waals surface area contributed by atoms with Gasteiger partial charge in [0.05, 0.1) is 0 Å². The Hall–Kier alpha value is -1.46. The van der Waals surface area contributed by atoms with E-state index in [0.717, 1.165) is 6.08 Å². The summed E-state index contributed by atoms with van der Waals surface area (Å²) in [5.41, 5.74) is 0.219. The molecule has 13 heavy (non-hydrogen) atoms. The SMILES string of the molecule is Cc1cc(CS(=O)(=O)N=C=O)no1. The highest BCUT2D eigenvalue weighted by molar-refractivity contribution is 7.89. The minimum absolute atomic E-state index is 0.219. The van der Waals surface area contributed by atoms with Crippen LogP contribution in [0.3, 0.4) is 0 Å². The maximum Gasteiger partial charge on any atom is 0.269 e. The topological polar surface area (TPSA) is 89.6 Å². The van der Waals surface area contributed by atoms with Crippen LogP contribution in [0.1, 0.15) is 11.5 Å². The van der Waals surface area contributed by atoms with Crippen molar-refractivity contribution in [2.24, 2.45) is 4.40 Å². The zero-order valence-electron chi connectivity index (χ0n) is 6.72. The molecule has 0 saturated heterocycles. The summed E-state index contributed by atoms with van der Waals surface area (Å²) in [5.74, 6) is 0.0554. The zero-order valence-corrected chi connectivity index (χ0v) is 7.54. The predicted molar refractivity (Wildman–Crippen MR) is 42.0 cm³/mol. The molecule has 1 aromatic rings. The molecule has 1 rings (SSSR count). The minimum Gasteiger partial charge on any atom is -0.361 e. The lowest BCUT2D eigenvalue weighted by atomic mass is 10.4. The number of aromatic nitrogens is 1. The Kier molecular flexibility index (Phi) is 2.60. The average molecular weight is 202 g/mol. The molecule has 0 amide bonds. The van der Waals surface area contributed by atoms with Crippen LogP contribution in [-0.2, 0) is 20.6 Å². The summed E-state index contributed by atoms with van der Waals surface area (Å²) >= 11 is 0. The Morgan fingerprint density at radius 2 is 2.38 bits per heavy atom. The van der Waals surface area contributed by atoms with E-state index in [-0.39, 0.29) is 5.69 Å². The predicted octanol–water partition coefficient (Wildman–Crippen LogP) is 0.149. The van der Waals surface area contributed by atoms with Crippen molar-refractivity contribution < 1.29 is 17.7 Å². The van der Waals surface area contributed by atoms with Gasteiger partial charge in [-0.2, -0.15) is 0 Å². The monoisotopic (exact) mass is 202 g/mol. The molecule has 0 aromatic carbocycles. The number of carbonyl (C=O) groups excluding carboxylic acids is 1. The van der Waals surface area contributed by atoms with Gasteiger partial charge in [0, 0.05) is 6.07 Å². The van der Waals surface area contributed by atoms with E-state index in [4.69, 9.17) is 0 Å². The van der Waals surface area contributed by atoms with Gasteiger partial charge < -0.3 is 4.52 Å². The molecule has 0 radical (unpaired) electrons. The molecule has 0 bridgehead atoms. The summed E-state index contributed by atoms with van der Waals surface area (Å²) in [5, 5.41) is 3.44. The first-order valence-electron chi connectivity index (χ1n) is 3.27. The normalized spacial score (nSPS) is 10.8. The van der Waals surface area contributed by atoms with E-state index in [1.165, 1.54) is 6.07 Å². The highest BCUT2D eigenvalue weighted by Crippen LogP contribution is 2.07. The van der Waals surface area contributed by atoms with Crippen LogP contribution in [-0.4, -0.2) is 19.7 Å². The largest absolute Gasteiger partial charge is 0.361 e. The zero-order chi connectivity index (χ0) is 9.90. The number of isocyanates is 1. The van der Waals surface area contributed by atoms with Gasteiger partial charge in [0.2, 0.25) is 0 Å². The van der Waals surface area contributed by atoms with E-state index in [1.54, 1.807) is 6.92 Å². The summed E-state index contributed by atoms with van der Waals surface area (Å²) < 4.78 is 29.1. The Morgan fingerprint density at radius 1 is 1.69 bits per heavy atom. The van der Waals surface area contributed by atoms with E-state index in [0.29, 0.717) is 5.76 Å². The van der Waals surface area contributed by atoms with Gasteiger partial charge in [-0.1, -0.05) is 9.55 Å². The number of hydrogen-bond donors (Lipinski definition) is 0. The molecular weight excluding hydrogens is 196 g/mol. The smallest absolute Gasteiger partial charge is 0.269 e. The fourth-order valence-corrected chi connectivity index (χ4v) is 1.45. The fourth-order valence-electron chi connectivity index (χ4n) is 0.762. The highest BCUT2D eigenvalue weighted by atomic mass is 32.2. The quantitative estimate of drug-likeness (QED) is 0.514. The lowest BCUT2D eigenvalue weighted by Crippen LogP contribution is -1.99. The van der Waals surface area contributed by atoms with E-state index in [9.17, 15) is 13.2 Å². The third kappa shape index (κ3) is 2.81. The molecule has 0 unspecified atom stereocenters. The second-order valence-electron chi connectivity index (χ2n) is 2.34. The maximum atomic E-state index is 10.9. The molecule has 0 spiro atoms. The molecule has 0 saturated carbocycles. The summed E-state index contributed by atoms with van der Waals surface area (Å²) in [4.78, 5) is 9.70. The van der Waals surface area contributed by atoms with E-state index < -0.39 is 15.8 Å². The molecule has 0 aliphatic heterocycles. The maximum absolute atomic E-state index is 10.9. The van der Waals surface area contributed by atoms with Gasteiger partial charge in [0.15, 0.2) is 0 Å².